The summed E-state index contributed by atoms with van der Waals surface area (Å²) in [5, 5.41) is 0. The predicted octanol–water partition coefficient (Wildman–Crippen LogP) is 4.38. The fourth-order valence-corrected chi connectivity index (χ4v) is 0.602. The molecule has 1 rings (SSSR count). The Kier molecular flexibility index (Phi) is 15.3. The Bertz CT molecular complexity index is 248. The summed E-state index contributed by atoms with van der Waals surface area (Å²) < 4.78 is 14.4. The minimum absolute atomic E-state index is 0.250. The summed E-state index contributed by atoms with van der Waals surface area (Å²) in [6, 6.07) is 10.3. The van der Waals surface area contributed by atoms with Crippen LogP contribution < -0.4 is 0 Å². The van der Waals surface area contributed by atoms with Gasteiger partial charge in [-0.15, -0.1) is 0 Å². The van der Waals surface area contributed by atoms with E-state index in [-0.39, 0.29) is 6.33 Å². The number of aryl methyl sites for hydroxylation is 1. The Balaban J connectivity index is 0. The molecule has 0 bridgehead atoms. The van der Waals surface area contributed by atoms with Crippen molar-refractivity contribution in [3.05, 3.63) is 74.5 Å². The van der Waals surface area contributed by atoms with E-state index in [1.54, 1.807) is 0 Å². The molecule has 1 aromatic rings. The van der Waals surface area contributed by atoms with Gasteiger partial charge in [0.25, 0.3) is 0 Å². The lowest BCUT2D eigenvalue weighted by molar-refractivity contribution is 0.406. The van der Waals surface area contributed by atoms with E-state index >= 15 is 0 Å². The van der Waals surface area contributed by atoms with Crippen LogP contribution in [0.3, 0.4) is 0 Å². The first kappa shape index (κ1) is 15.6. The molecule has 0 fully saturated rings. The van der Waals surface area contributed by atoms with E-state index in [1.807, 2.05) is 18.2 Å². The second-order valence-electron chi connectivity index (χ2n) is 2.28. The number of rotatable bonds is 2. The van der Waals surface area contributed by atoms with Crippen molar-refractivity contribution >= 4 is 0 Å². The summed E-state index contributed by atoms with van der Waals surface area (Å²) in [6.45, 7) is 11.3. The molecule has 1 aromatic carbocycles. The molecule has 0 atom stereocenters. The molecule has 1 nitrogen and oxygen atoms in total. The summed E-state index contributed by atoms with van der Waals surface area (Å²) in [4.78, 5) is 0. The van der Waals surface area contributed by atoms with Gasteiger partial charge in [-0.25, -0.2) is 4.39 Å². The van der Waals surface area contributed by atoms with E-state index in [2.05, 4.69) is 43.5 Å². The van der Waals surface area contributed by atoms with Crippen LogP contribution in [0, 0.1) is 6.92 Å². The molecule has 0 aromatic heterocycles. The van der Waals surface area contributed by atoms with E-state index in [0.29, 0.717) is 0 Å². The molecule has 0 saturated carbocycles. The van der Waals surface area contributed by atoms with E-state index < -0.39 is 0 Å². The Morgan fingerprint density at radius 3 is 1.60 bits per heavy atom. The van der Waals surface area contributed by atoms with Crippen molar-refractivity contribution in [2.45, 2.75) is 6.92 Å². The van der Waals surface area contributed by atoms with Crippen LogP contribution >= 0.6 is 0 Å². The van der Waals surface area contributed by atoms with Gasteiger partial charge in [0, 0.05) is 0 Å². The minimum atomic E-state index is 0.250. The second kappa shape index (κ2) is 14.7. The van der Waals surface area contributed by atoms with E-state index in [4.69, 9.17) is 0 Å². The van der Waals surface area contributed by atoms with E-state index in [1.165, 1.54) is 18.1 Å². The van der Waals surface area contributed by atoms with Crippen molar-refractivity contribution in [2.24, 2.45) is 0 Å². The maximum Gasteiger partial charge on any atom is 0.0829 e. The molecule has 0 aliphatic rings. The van der Waals surface area contributed by atoms with Gasteiger partial charge in [0.1, 0.15) is 0 Å². The maximum absolute atomic E-state index is 10.1. The molecule has 0 N–H and O–H groups in total. The van der Waals surface area contributed by atoms with Crippen LogP contribution in [0.15, 0.2) is 68.9 Å². The van der Waals surface area contributed by atoms with Gasteiger partial charge in [-0.05, 0) is 6.92 Å². The molecule has 0 radical (unpaired) electrons. The molecular weight excluding hydrogens is 191 g/mol. The highest BCUT2D eigenvalue weighted by atomic mass is 19.1. The number of hydrogen-bond acceptors (Lipinski definition) is 1. The maximum atomic E-state index is 10.1. The molecular formula is C13H17FO. The van der Waals surface area contributed by atoms with Crippen molar-refractivity contribution in [1.29, 1.82) is 0 Å². The number of hydrogen-bond donors (Lipinski definition) is 0. The zero-order valence-corrected chi connectivity index (χ0v) is 9.03. The van der Waals surface area contributed by atoms with Gasteiger partial charge in [0.15, 0.2) is 0 Å². The highest BCUT2D eigenvalue weighted by Crippen LogP contribution is 1.92. The van der Waals surface area contributed by atoms with Crippen molar-refractivity contribution in [1.82, 2.24) is 0 Å². The van der Waals surface area contributed by atoms with Gasteiger partial charge >= 0.3 is 0 Å². The molecule has 0 heterocycles. The average molecular weight is 208 g/mol. The highest BCUT2D eigenvalue weighted by molar-refractivity contribution is 5.11. The zero-order valence-electron chi connectivity index (χ0n) is 9.03. The number of benzene rings is 1. The largest absolute Gasteiger partial charge is 0.474 e. The summed E-state index contributed by atoms with van der Waals surface area (Å²) in [5.74, 6) is 0. The van der Waals surface area contributed by atoms with E-state index in [9.17, 15) is 4.39 Å². The molecule has 0 amide bonds. The normalized spacial score (nSPS) is 6.80. The summed E-state index contributed by atoms with van der Waals surface area (Å²) >= 11 is 0. The van der Waals surface area contributed by atoms with Gasteiger partial charge in [0.05, 0.1) is 18.9 Å². The Morgan fingerprint density at radius 2 is 1.47 bits per heavy atom. The second-order valence-corrected chi connectivity index (χ2v) is 2.28. The molecule has 0 saturated heterocycles. The number of halogens is 1. The Labute approximate surface area is 91.2 Å². The molecule has 0 unspecified atom stereocenters. The third kappa shape index (κ3) is 18.9. The Hall–Kier alpha value is -1.83. The molecule has 2 heteroatoms. The smallest absolute Gasteiger partial charge is 0.0829 e. The number of ether oxygens (including phenoxy) is 1. The minimum Gasteiger partial charge on any atom is -0.474 e. The first-order chi connectivity index (χ1) is 7.22. The standard InChI is InChI=1S/C7H8.C4H6O.C2H3F/c1-7-5-3-2-4-6-7;1-3-5-4-2;1-2-3/h2-6H,1H3;3-4H,1-2H2;2H,1H2. The fraction of sp³-hybridized carbons (Fsp3) is 0.0769. The lowest BCUT2D eigenvalue weighted by atomic mass is 10.2. The van der Waals surface area contributed by atoms with Crippen molar-refractivity contribution in [3.63, 3.8) is 0 Å². The third-order valence-corrected chi connectivity index (χ3v) is 1.13. The van der Waals surface area contributed by atoms with Gasteiger partial charge in [-0.2, -0.15) is 0 Å². The lowest BCUT2D eigenvalue weighted by Crippen LogP contribution is -1.62. The van der Waals surface area contributed by atoms with Crippen molar-refractivity contribution in [2.75, 3.05) is 0 Å². The topological polar surface area (TPSA) is 9.23 Å². The SMILES string of the molecule is C=CF.C=COC=C.Cc1ccccc1. The average Bonchev–Trinajstić information content (AvgIpc) is 2.22. The molecule has 0 spiro atoms. The van der Waals surface area contributed by atoms with Gasteiger partial charge < -0.3 is 4.74 Å². The van der Waals surface area contributed by atoms with Crippen LogP contribution in [-0.4, -0.2) is 0 Å². The fourth-order valence-electron chi connectivity index (χ4n) is 0.602. The molecule has 15 heavy (non-hydrogen) atoms. The quantitative estimate of drug-likeness (QED) is 0.655. The monoisotopic (exact) mass is 208 g/mol. The Morgan fingerprint density at radius 1 is 1.07 bits per heavy atom. The highest BCUT2D eigenvalue weighted by Gasteiger charge is 1.72. The van der Waals surface area contributed by atoms with Crippen LogP contribution in [0.4, 0.5) is 4.39 Å². The predicted molar refractivity (Wildman–Crippen MR) is 64.0 cm³/mol. The summed E-state index contributed by atoms with van der Waals surface area (Å²) in [6.07, 6.45) is 2.88. The third-order valence-electron chi connectivity index (χ3n) is 1.13. The van der Waals surface area contributed by atoms with Crippen LogP contribution in [0.25, 0.3) is 0 Å². The summed E-state index contributed by atoms with van der Waals surface area (Å²) in [5.41, 5.74) is 1.32. The first-order valence-corrected chi connectivity index (χ1v) is 4.33. The van der Waals surface area contributed by atoms with Gasteiger partial charge in [-0.3, -0.25) is 0 Å². The van der Waals surface area contributed by atoms with Gasteiger partial charge in [0.2, 0.25) is 0 Å². The van der Waals surface area contributed by atoms with Crippen molar-refractivity contribution in [3.8, 4) is 0 Å². The van der Waals surface area contributed by atoms with Crippen LogP contribution in [0.1, 0.15) is 5.56 Å². The van der Waals surface area contributed by atoms with Crippen LogP contribution in [-0.2, 0) is 4.74 Å². The van der Waals surface area contributed by atoms with Crippen LogP contribution in [0.2, 0.25) is 0 Å². The first-order valence-electron chi connectivity index (χ1n) is 4.33. The summed E-state index contributed by atoms with van der Waals surface area (Å²) in [7, 11) is 0. The molecule has 0 aliphatic carbocycles. The molecule has 82 valence electrons. The van der Waals surface area contributed by atoms with Gasteiger partial charge in [-0.1, -0.05) is 55.6 Å². The van der Waals surface area contributed by atoms with Crippen LogP contribution in [0.5, 0.6) is 0 Å². The molecule has 0 aliphatic heterocycles. The zero-order chi connectivity index (χ0) is 11.9. The lowest BCUT2D eigenvalue weighted by Gasteiger charge is -1.82. The van der Waals surface area contributed by atoms with Crippen molar-refractivity contribution < 1.29 is 9.13 Å². The van der Waals surface area contributed by atoms with E-state index in [0.717, 1.165) is 0 Å².